The molecule has 0 spiro atoms. The summed E-state index contributed by atoms with van der Waals surface area (Å²) in [4.78, 5) is 0. The second-order valence-corrected chi connectivity index (χ2v) is 5.80. The summed E-state index contributed by atoms with van der Waals surface area (Å²) in [5.74, 6) is 1.05. The lowest BCUT2D eigenvalue weighted by molar-refractivity contribution is 0.407. The standard InChI is InChI=1S/C17H27NO/c1-13-11-14(2)16(17(12-13)19-3)9-6-10-18-15-7-4-5-8-15/h11-12,15,18H,4-10H2,1-3H3. The predicted octanol–water partition coefficient (Wildman–Crippen LogP) is 3.78. The van der Waals surface area contributed by atoms with Gasteiger partial charge >= 0.3 is 0 Å². The second kappa shape index (κ2) is 6.95. The molecule has 2 nitrogen and oxygen atoms in total. The van der Waals surface area contributed by atoms with Crippen molar-refractivity contribution in [2.24, 2.45) is 0 Å². The number of rotatable bonds is 6. The fraction of sp³-hybridized carbons (Fsp3) is 0.647. The van der Waals surface area contributed by atoms with Crippen molar-refractivity contribution in [1.29, 1.82) is 0 Å². The Morgan fingerprint density at radius 1 is 1.21 bits per heavy atom. The Morgan fingerprint density at radius 2 is 1.95 bits per heavy atom. The molecule has 1 aromatic rings. The molecule has 0 radical (unpaired) electrons. The van der Waals surface area contributed by atoms with E-state index in [2.05, 4.69) is 31.3 Å². The summed E-state index contributed by atoms with van der Waals surface area (Å²) in [6.45, 7) is 5.44. The lowest BCUT2D eigenvalue weighted by Crippen LogP contribution is -2.27. The topological polar surface area (TPSA) is 21.3 Å². The normalized spacial score (nSPS) is 15.9. The molecule has 1 saturated carbocycles. The zero-order valence-electron chi connectivity index (χ0n) is 12.6. The van der Waals surface area contributed by atoms with Gasteiger partial charge in [0.2, 0.25) is 0 Å². The summed E-state index contributed by atoms with van der Waals surface area (Å²) >= 11 is 0. The van der Waals surface area contributed by atoms with Crippen molar-refractivity contribution in [3.05, 3.63) is 28.8 Å². The van der Waals surface area contributed by atoms with Crippen LogP contribution >= 0.6 is 0 Å². The smallest absolute Gasteiger partial charge is 0.122 e. The first-order chi connectivity index (χ1) is 9.20. The molecule has 1 aliphatic carbocycles. The van der Waals surface area contributed by atoms with Gasteiger partial charge in [0.1, 0.15) is 5.75 Å². The van der Waals surface area contributed by atoms with Crippen molar-refractivity contribution < 1.29 is 4.74 Å². The van der Waals surface area contributed by atoms with Crippen LogP contribution in [-0.4, -0.2) is 19.7 Å². The van der Waals surface area contributed by atoms with Crippen molar-refractivity contribution in [1.82, 2.24) is 5.32 Å². The third kappa shape index (κ3) is 3.97. The molecule has 19 heavy (non-hydrogen) atoms. The molecule has 106 valence electrons. The molecule has 1 aromatic carbocycles. The van der Waals surface area contributed by atoms with Crippen molar-refractivity contribution in [3.8, 4) is 5.75 Å². The highest BCUT2D eigenvalue weighted by Crippen LogP contribution is 2.25. The Bertz CT molecular complexity index is 408. The third-order valence-electron chi connectivity index (χ3n) is 4.19. The summed E-state index contributed by atoms with van der Waals surface area (Å²) in [6, 6.07) is 5.18. The van der Waals surface area contributed by atoms with Crippen LogP contribution in [0.3, 0.4) is 0 Å². The fourth-order valence-corrected chi connectivity index (χ4v) is 3.16. The Morgan fingerprint density at radius 3 is 2.63 bits per heavy atom. The van der Waals surface area contributed by atoms with Gasteiger partial charge in [-0.25, -0.2) is 0 Å². The second-order valence-electron chi connectivity index (χ2n) is 5.80. The molecule has 0 saturated heterocycles. The average Bonchev–Trinajstić information content (AvgIpc) is 2.89. The molecule has 0 aliphatic heterocycles. The monoisotopic (exact) mass is 261 g/mol. The maximum Gasteiger partial charge on any atom is 0.122 e. The lowest BCUT2D eigenvalue weighted by Gasteiger charge is -2.15. The van der Waals surface area contributed by atoms with Gasteiger partial charge in [-0.05, 0) is 68.8 Å². The van der Waals surface area contributed by atoms with Crippen molar-refractivity contribution in [3.63, 3.8) is 0 Å². The van der Waals surface area contributed by atoms with Gasteiger partial charge in [0.05, 0.1) is 7.11 Å². The van der Waals surface area contributed by atoms with Gasteiger partial charge < -0.3 is 10.1 Å². The minimum absolute atomic E-state index is 0.779. The number of hydrogen-bond acceptors (Lipinski definition) is 2. The van der Waals surface area contributed by atoms with Gasteiger partial charge in [-0.1, -0.05) is 18.9 Å². The van der Waals surface area contributed by atoms with E-state index in [9.17, 15) is 0 Å². The number of ether oxygens (including phenoxy) is 1. The highest BCUT2D eigenvalue weighted by Gasteiger charge is 2.13. The van der Waals surface area contributed by atoms with Gasteiger partial charge in [-0.2, -0.15) is 0 Å². The zero-order valence-corrected chi connectivity index (χ0v) is 12.6. The van der Waals surface area contributed by atoms with E-state index < -0.39 is 0 Å². The minimum Gasteiger partial charge on any atom is -0.496 e. The van der Waals surface area contributed by atoms with Crippen LogP contribution in [0.15, 0.2) is 12.1 Å². The summed E-state index contributed by atoms with van der Waals surface area (Å²) in [5, 5.41) is 3.68. The lowest BCUT2D eigenvalue weighted by atomic mass is 10.00. The number of aryl methyl sites for hydroxylation is 2. The van der Waals surface area contributed by atoms with Crippen molar-refractivity contribution >= 4 is 0 Å². The zero-order chi connectivity index (χ0) is 13.7. The van der Waals surface area contributed by atoms with Gasteiger partial charge in [0.15, 0.2) is 0 Å². The van der Waals surface area contributed by atoms with Crippen LogP contribution < -0.4 is 10.1 Å². The van der Waals surface area contributed by atoms with Gasteiger partial charge in [0, 0.05) is 6.04 Å². The Balaban J connectivity index is 1.84. The average molecular weight is 261 g/mol. The number of benzene rings is 1. The molecule has 0 amide bonds. The first kappa shape index (κ1) is 14.4. The maximum atomic E-state index is 5.52. The number of hydrogen-bond donors (Lipinski definition) is 1. The van der Waals surface area contributed by atoms with Crippen LogP contribution in [0.2, 0.25) is 0 Å². The van der Waals surface area contributed by atoms with E-state index in [1.165, 1.54) is 48.8 Å². The molecule has 0 heterocycles. The molecule has 1 fully saturated rings. The van der Waals surface area contributed by atoms with E-state index in [0.717, 1.165) is 24.8 Å². The fourth-order valence-electron chi connectivity index (χ4n) is 3.16. The van der Waals surface area contributed by atoms with E-state index >= 15 is 0 Å². The van der Waals surface area contributed by atoms with E-state index in [0.29, 0.717) is 0 Å². The summed E-state index contributed by atoms with van der Waals surface area (Å²) in [6.07, 6.45) is 7.84. The predicted molar refractivity (Wildman–Crippen MR) is 81.0 cm³/mol. The molecule has 0 aromatic heterocycles. The molecule has 0 bridgehead atoms. The van der Waals surface area contributed by atoms with Crippen LogP contribution in [0.25, 0.3) is 0 Å². The summed E-state index contributed by atoms with van der Waals surface area (Å²) in [7, 11) is 1.77. The quantitative estimate of drug-likeness (QED) is 0.787. The van der Waals surface area contributed by atoms with Crippen LogP contribution in [0, 0.1) is 13.8 Å². The molecule has 0 unspecified atom stereocenters. The molecular weight excluding hydrogens is 234 g/mol. The van der Waals surface area contributed by atoms with Crippen LogP contribution in [0.4, 0.5) is 0 Å². The first-order valence-corrected chi connectivity index (χ1v) is 7.58. The molecule has 0 atom stereocenters. The van der Waals surface area contributed by atoms with Crippen LogP contribution in [-0.2, 0) is 6.42 Å². The molecule has 2 rings (SSSR count). The SMILES string of the molecule is COc1cc(C)cc(C)c1CCCNC1CCCC1. The molecule has 1 aliphatic rings. The Hall–Kier alpha value is -1.02. The van der Waals surface area contributed by atoms with Crippen LogP contribution in [0.5, 0.6) is 5.75 Å². The van der Waals surface area contributed by atoms with Crippen molar-refractivity contribution in [2.75, 3.05) is 13.7 Å². The van der Waals surface area contributed by atoms with Gasteiger partial charge in [-0.15, -0.1) is 0 Å². The summed E-state index contributed by atoms with van der Waals surface area (Å²) in [5.41, 5.74) is 4.02. The highest BCUT2D eigenvalue weighted by molar-refractivity contribution is 5.43. The van der Waals surface area contributed by atoms with Crippen LogP contribution in [0.1, 0.15) is 48.8 Å². The van der Waals surface area contributed by atoms with E-state index in [1.54, 1.807) is 7.11 Å². The van der Waals surface area contributed by atoms with Gasteiger partial charge in [-0.3, -0.25) is 0 Å². The third-order valence-corrected chi connectivity index (χ3v) is 4.19. The highest BCUT2D eigenvalue weighted by atomic mass is 16.5. The van der Waals surface area contributed by atoms with E-state index in [-0.39, 0.29) is 0 Å². The molecule has 1 N–H and O–H groups in total. The van der Waals surface area contributed by atoms with E-state index in [4.69, 9.17) is 4.74 Å². The maximum absolute atomic E-state index is 5.52. The minimum atomic E-state index is 0.779. The number of nitrogens with one attached hydrogen (secondary N) is 1. The van der Waals surface area contributed by atoms with E-state index in [1.807, 2.05) is 0 Å². The number of methoxy groups -OCH3 is 1. The largest absolute Gasteiger partial charge is 0.496 e. The summed E-state index contributed by atoms with van der Waals surface area (Å²) < 4.78 is 5.52. The first-order valence-electron chi connectivity index (χ1n) is 7.58. The molecular formula is C17H27NO. The van der Waals surface area contributed by atoms with Gasteiger partial charge in [0.25, 0.3) is 0 Å². The Kier molecular flexibility index (Phi) is 5.26. The molecule has 2 heteroatoms. The Labute approximate surface area is 117 Å². The van der Waals surface area contributed by atoms with Crippen molar-refractivity contribution in [2.45, 2.75) is 58.4 Å².